The number of hydrogen-bond donors (Lipinski definition) is 1. The number of aromatic nitrogens is 3. The van der Waals surface area contributed by atoms with Gasteiger partial charge < -0.3 is 4.98 Å². The summed E-state index contributed by atoms with van der Waals surface area (Å²) >= 11 is 7.66. The monoisotopic (exact) mass is 367 g/mol. The van der Waals surface area contributed by atoms with Crippen molar-refractivity contribution >= 4 is 46.0 Å². The second-order valence-corrected chi connectivity index (χ2v) is 5.70. The molecule has 1 aromatic carbocycles. The number of H-pyrrole nitrogens is 1. The molecule has 2 heterocycles. The van der Waals surface area contributed by atoms with Crippen molar-refractivity contribution in [1.82, 2.24) is 14.5 Å². The molecule has 0 unspecified atom stereocenters. The van der Waals surface area contributed by atoms with E-state index in [1.165, 1.54) is 3.57 Å². The summed E-state index contributed by atoms with van der Waals surface area (Å²) in [5.74, 6) is 0. The molecule has 2 aromatic heterocycles. The van der Waals surface area contributed by atoms with Gasteiger partial charge in [0.2, 0.25) is 0 Å². The summed E-state index contributed by atoms with van der Waals surface area (Å²) in [5, 5.41) is 0. The SMILES string of the molecule is Cc1ccc2[nH]c(=S)n(-c3ccc(I)cc3)c2n1. The number of benzene rings is 1. The molecule has 3 nitrogen and oxygen atoms in total. The van der Waals surface area contributed by atoms with Crippen LogP contribution in [0.4, 0.5) is 0 Å². The lowest BCUT2D eigenvalue weighted by molar-refractivity contribution is 1.03. The van der Waals surface area contributed by atoms with E-state index < -0.39 is 0 Å². The average Bonchev–Trinajstić information content (AvgIpc) is 2.66. The van der Waals surface area contributed by atoms with Crippen LogP contribution in [0.15, 0.2) is 36.4 Å². The fourth-order valence-corrected chi connectivity index (χ4v) is 2.57. The number of aryl methyl sites for hydroxylation is 1. The number of halogens is 1. The van der Waals surface area contributed by atoms with Gasteiger partial charge in [0.05, 0.1) is 5.52 Å². The minimum absolute atomic E-state index is 0.671. The topological polar surface area (TPSA) is 33.6 Å². The van der Waals surface area contributed by atoms with Crippen LogP contribution in [0.3, 0.4) is 0 Å². The predicted molar refractivity (Wildman–Crippen MR) is 83.7 cm³/mol. The van der Waals surface area contributed by atoms with Gasteiger partial charge in [-0.15, -0.1) is 0 Å². The highest BCUT2D eigenvalue weighted by Gasteiger charge is 2.07. The molecule has 0 radical (unpaired) electrons. The molecule has 18 heavy (non-hydrogen) atoms. The van der Waals surface area contributed by atoms with Gasteiger partial charge in [0, 0.05) is 15.0 Å². The van der Waals surface area contributed by atoms with Crippen molar-refractivity contribution in [2.75, 3.05) is 0 Å². The number of hydrogen-bond acceptors (Lipinski definition) is 2. The van der Waals surface area contributed by atoms with Gasteiger partial charge in [-0.25, -0.2) is 4.98 Å². The number of imidazole rings is 1. The molecule has 0 fully saturated rings. The van der Waals surface area contributed by atoms with Crippen LogP contribution in [-0.4, -0.2) is 14.5 Å². The number of aromatic amines is 1. The maximum atomic E-state index is 5.38. The lowest BCUT2D eigenvalue weighted by Crippen LogP contribution is -1.96. The van der Waals surface area contributed by atoms with E-state index >= 15 is 0 Å². The van der Waals surface area contributed by atoms with Gasteiger partial charge in [-0.3, -0.25) is 4.57 Å². The third kappa shape index (κ3) is 1.97. The minimum Gasteiger partial charge on any atom is -0.329 e. The molecular formula is C13H10IN3S. The molecule has 0 spiro atoms. The Morgan fingerprint density at radius 3 is 2.61 bits per heavy atom. The summed E-state index contributed by atoms with van der Waals surface area (Å²) in [4.78, 5) is 7.74. The van der Waals surface area contributed by atoms with Gasteiger partial charge in [-0.05, 0) is 78.1 Å². The number of fused-ring (bicyclic) bond motifs is 1. The van der Waals surface area contributed by atoms with E-state index in [0.29, 0.717) is 4.77 Å². The molecule has 0 aliphatic rings. The van der Waals surface area contributed by atoms with Crippen molar-refractivity contribution in [1.29, 1.82) is 0 Å². The Morgan fingerprint density at radius 2 is 1.89 bits per heavy atom. The van der Waals surface area contributed by atoms with Crippen molar-refractivity contribution in [2.45, 2.75) is 6.92 Å². The van der Waals surface area contributed by atoms with Gasteiger partial charge in [-0.1, -0.05) is 0 Å². The summed E-state index contributed by atoms with van der Waals surface area (Å²) in [5.41, 5.74) is 3.85. The Kier molecular flexibility index (Phi) is 2.95. The lowest BCUT2D eigenvalue weighted by atomic mass is 10.3. The van der Waals surface area contributed by atoms with Crippen molar-refractivity contribution in [3.05, 3.63) is 50.4 Å². The maximum Gasteiger partial charge on any atom is 0.183 e. The zero-order valence-electron chi connectivity index (χ0n) is 9.64. The van der Waals surface area contributed by atoms with E-state index in [1.54, 1.807) is 0 Å². The third-order valence-electron chi connectivity index (χ3n) is 2.76. The largest absolute Gasteiger partial charge is 0.329 e. The standard InChI is InChI=1S/C13H10IN3S/c1-8-2-7-11-12(15-8)17(13(18)16-11)10-5-3-9(14)4-6-10/h2-7H,1H3,(H,16,18). The zero-order chi connectivity index (χ0) is 12.7. The first kappa shape index (κ1) is 11.9. The highest BCUT2D eigenvalue weighted by molar-refractivity contribution is 14.1. The van der Waals surface area contributed by atoms with Crippen LogP contribution in [0.1, 0.15) is 5.69 Å². The number of nitrogens with one attached hydrogen (secondary N) is 1. The number of rotatable bonds is 1. The Labute approximate surface area is 123 Å². The van der Waals surface area contributed by atoms with Crippen LogP contribution in [0.5, 0.6) is 0 Å². The molecule has 0 bridgehead atoms. The van der Waals surface area contributed by atoms with Gasteiger partial charge in [0.1, 0.15) is 0 Å². The molecule has 0 saturated carbocycles. The summed E-state index contributed by atoms with van der Waals surface area (Å²) < 4.78 is 3.84. The molecule has 0 amide bonds. The van der Waals surface area contributed by atoms with Crippen molar-refractivity contribution in [3.63, 3.8) is 0 Å². The van der Waals surface area contributed by atoms with E-state index in [2.05, 4.69) is 56.8 Å². The van der Waals surface area contributed by atoms with Gasteiger partial charge >= 0.3 is 0 Å². The van der Waals surface area contributed by atoms with E-state index in [4.69, 9.17) is 12.2 Å². The average molecular weight is 367 g/mol. The Balaban J connectivity index is 2.34. The van der Waals surface area contributed by atoms with Crippen molar-refractivity contribution in [2.24, 2.45) is 0 Å². The van der Waals surface area contributed by atoms with Crippen LogP contribution in [0.25, 0.3) is 16.9 Å². The zero-order valence-corrected chi connectivity index (χ0v) is 12.6. The van der Waals surface area contributed by atoms with Gasteiger partial charge in [0.15, 0.2) is 10.4 Å². The second-order valence-electron chi connectivity index (χ2n) is 4.07. The highest BCUT2D eigenvalue weighted by Crippen LogP contribution is 2.19. The van der Waals surface area contributed by atoms with Crippen LogP contribution >= 0.6 is 34.8 Å². The smallest absolute Gasteiger partial charge is 0.183 e. The Hall–Kier alpha value is -1.21. The first-order valence-electron chi connectivity index (χ1n) is 5.49. The lowest BCUT2D eigenvalue weighted by Gasteiger charge is -2.04. The van der Waals surface area contributed by atoms with Gasteiger partial charge in [0.25, 0.3) is 0 Å². The first-order valence-corrected chi connectivity index (χ1v) is 6.98. The Morgan fingerprint density at radius 1 is 1.17 bits per heavy atom. The van der Waals surface area contributed by atoms with E-state index in [-0.39, 0.29) is 0 Å². The summed E-state index contributed by atoms with van der Waals surface area (Å²) in [6, 6.07) is 12.2. The first-order chi connectivity index (χ1) is 8.65. The van der Waals surface area contributed by atoms with E-state index in [9.17, 15) is 0 Å². The quantitative estimate of drug-likeness (QED) is 0.521. The number of pyridine rings is 1. The second kappa shape index (κ2) is 4.47. The molecule has 3 rings (SSSR count). The molecule has 0 aliphatic carbocycles. The normalized spacial score (nSPS) is 11.0. The van der Waals surface area contributed by atoms with Crippen molar-refractivity contribution < 1.29 is 0 Å². The molecule has 0 saturated heterocycles. The van der Waals surface area contributed by atoms with E-state index in [1.807, 2.05) is 23.6 Å². The molecule has 1 N–H and O–H groups in total. The molecule has 3 aromatic rings. The van der Waals surface area contributed by atoms with Crippen molar-refractivity contribution in [3.8, 4) is 5.69 Å². The molecule has 0 atom stereocenters. The van der Waals surface area contributed by atoms with Gasteiger partial charge in [-0.2, -0.15) is 0 Å². The summed E-state index contributed by atoms with van der Waals surface area (Å²) in [6.07, 6.45) is 0. The fraction of sp³-hybridized carbons (Fsp3) is 0.0769. The summed E-state index contributed by atoms with van der Waals surface area (Å²) in [6.45, 7) is 1.98. The molecular weight excluding hydrogens is 357 g/mol. The summed E-state index contributed by atoms with van der Waals surface area (Å²) in [7, 11) is 0. The third-order valence-corrected chi connectivity index (χ3v) is 3.76. The van der Waals surface area contributed by atoms with Crippen LogP contribution < -0.4 is 0 Å². The fourth-order valence-electron chi connectivity index (χ4n) is 1.91. The molecule has 0 aliphatic heterocycles. The Bertz CT molecular complexity index is 771. The van der Waals surface area contributed by atoms with Crippen LogP contribution in [0, 0.1) is 15.3 Å². The van der Waals surface area contributed by atoms with Crippen LogP contribution in [0.2, 0.25) is 0 Å². The number of nitrogens with zero attached hydrogens (tertiary/aromatic N) is 2. The highest BCUT2D eigenvalue weighted by atomic mass is 127. The predicted octanol–water partition coefficient (Wildman–Crippen LogP) is 4.00. The maximum absolute atomic E-state index is 5.38. The van der Waals surface area contributed by atoms with Crippen LogP contribution in [-0.2, 0) is 0 Å². The van der Waals surface area contributed by atoms with E-state index in [0.717, 1.165) is 22.5 Å². The molecule has 5 heteroatoms. The minimum atomic E-state index is 0.671. The molecule has 90 valence electrons.